The van der Waals surface area contributed by atoms with Crippen molar-refractivity contribution in [2.24, 2.45) is 0 Å². The Morgan fingerprint density at radius 1 is 1.23 bits per heavy atom. The summed E-state index contributed by atoms with van der Waals surface area (Å²) in [5.74, 6) is 6.64. The van der Waals surface area contributed by atoms with Crippen molar-refractivity contribution in [2.75, 3.05) is 31.4 Å². The Hall–Kier alpha value is -3.23. The molecule has 0 spiro atoms. The van der Waals surface area contributed by atoms with E-state index in [0.717, 1.165) is 5.69 Å². The molecular formula is C14H13N7O. The van der Waals surface area contributed by atoms with Crippen molar-refractivity contribution in [1.82, 2.24) is 20.2 Å². The van der Waals surface area contributed by atoms with Crippen LogP contribution in [0.25, 0.3) is 0 Å². The molecule has 0 unspecified atom stereocenters. The van der Waals surface area contributed by atoms with Crippen molar-refractivity contribution in [3.8, 4) is 17.9 Å². The molecule has 8 nitrogen and oxygen atoms in total. The second kappa shape index (κ2) is 7.53. The molecule has 0 aliphatic carbocycles. The van der Waals surface area contributed by atoms with E-state index in [0.29, 0.717) is 23.9 Å². The molecule has 0 amide bonds. The number of rotatable bonds is 4. The largest absolute Gasteiger partial charge is 0.386 e. The van der Waals surface area contributed by atoms with Gasteiger partial charge in [-0.2, -0.15) is 5.26 Å². The number of ether oxygens (including phenoxy) is 1. The predicted molar refractivity (Wildman–Crippen MR) is 80.4 cm³/mol. The highest BCUT2D eigenvalue weighted by atomic mass is 16.5. The molecule has 0 aromatic carbocycles. The summed E-state index contributed by atoms with van der Waals surface area (Å²) in [6.45, 7) is 0.325. The van der Waals surface area contributed by atoms with Gasteiger partial charge in [-0.1, -0.05) is 5.92 Å². The van der Waals surface area contributed by atoms with Crippen LogP contribution in [0.4, 0.5) is 17.3 Å². The molecule has 8 heteroatoms. The molecule has 0 atom stereocenters. The van der Waals surface area contributed by atoms with E-state index in [1.54, 1.807) is 20.2 Å². The summed E-state index contributed by atoms with van der Waals surface area (Å²) < 4.78 is 4.87. The van der Waals surface area contributed by atoms with Crippen LogP contribution in [0, 0.1) is 23.2 Å². The second-order valence-corrected chi connectivity index (χ2v) is 4.00. The van der Waals surface area contributed by atoms with Gasteiger partial charge in [-0.15, -0.1) is 10.2 Å². The first-order valence-electron chi connectivity index (χ1n) is 6.29. The van der Waals surface area contributed by atoms with Gasteiger partial charge in [0.1, 0.15) is 18.5 Å². The van der Waals surface area contributed by atoms with Crippen molar-refractivity contribution in [2.45, 2.75) is 0 Å². The van der Waals surface area contributed by atoms with Crippen LogP contribution >= 0.6 is 0 Å². The zero-order chi connectivity index (χ0) is 15.8. The summed E-state index contributed by atoms with van der Waals surface area (Å²) in [7, 11) is 3.34. The van der Waals surface area contributed by atoms with Crippen LogP contribution in [-0.2, 0) is 4.74 Å². The van der Waals surface area contributed by atoms with E-state index >= 15 is 0 Å². The first-order valence-corrected chi connectivity index (χ1v) is 6.29. The van der Waals surface area contributed by atoms with Gasteiger partial charge in [-0.3, -0.25) is 0 Å². The van der Waals surface area contributed by atoms with E-state index in [1.807, 2.05) is 6.07 Å². The van der Waals surface area contributed by atoms with Crippen molar-refractivity contribution >= 4 is 17.3 Å². The molecule has 0 saturated heterocycles. The third kappa shape index (κ3) is 3.88. The predicted octanol–water partition coefficient (Wildman–Crippen LogP) is 0.921. The number of aromatic nitrogens is 4. The molecule has 0 aliphatic heterocycles. The maximum atomic E-state index is 8.68. The summed E-state index contributed by atoms with van der Waals surface area (Å²) in [6, 6.07) is 3.66. The molecule has 2 heterocycles. The van der Waals surface area contributed by atoms with Gasteiger partial charge in [-0.05, 0) is 5.92 Å². The highest BCUT2D eigenvalue weighted by Crippen LogP contribution is 2.17. The lowest BCUT2D eigenvalue weighted by atomic mass is 10.3. The maximum absolute atomic E-state index is 8.68. The van der Waals surface area contributed by atoms with Gasteiger partial charge in [0.25, 0.3) is 0 Å². The summed E-state index contributed by atoms with van der Waals surface area (Å²) in [5, 5.41) is 22.7. The Labute approximate surface area is 127 Å². The first kappa shape index (κ1) is 15.2. The molecule has 2 aromatic rings. The van der Waals surface area contributed by atoms with E-state index in [1.165, 1.54) is 12.4 Å². The fraction of sp³-hybridized carbons (Fsp3) is 0.214. The third-order valence-corrected chi connectivity index (χ3v) is 2.51. The minimum absolute atomic E-state index is 0.247. The molecule has 0 aliphatic rings. The summed E-state index contributed by atoms with van der Waals surface area (Å²) in [5.41, 5.74) is 1.50. The van der Waals surface area contributed by atoms with Crippen LogP contribution in [-0.4, -0.2) is 40.9 Å². The molecule has 2 rings (SSSR count). The topological polar surface area (TPSA) is 109 Å². The molecule has 2 aromatic heterocycles. The van der Waals surface area contributed by atoms with Crippen LogP contribution in [0.1, 0.15) is 11.4 Å². The first-order chi connectivity index (χ1) is 10.8. The number of nitrogens with one attached hydrogen (secondary N) is 2. The highest BCUT2D eigenvalue weighted by molar-refractivity contribution is 5.62. The zero-order valence-corrected chi connectivity index (χ0v) is 12.1. The number of hydrogen-bond donors (Lipinski definition) is 2. The van der Waals surface area contributed by atoms with Crippen LogP contribution < -0.4 is 10.6 Å². The quantitative estimate of drug-likeness (QED) is 0.801. The van der Waals surface area contributed by atoms with Crippen molar-refractivity contribution in [1.29, 1.82) is 5.26 Å². The molecule has 2 N–H and O–H groups in total. The van der Waals surface area contributed by atoms with Crippen LogP contribution in [0.3, 0.4) is 0 Å². The standard InChI is InChI=1S/C14H13N7O/c1-16-12-6-13(21-20-11(12)4-3-5-22-2)19-14-9-17-10(7-15)8-18-14/h6,8-9H,5H2,1-2H3,(H2,16,18,19,21). The van der Waals surface area contributed by atoms with Gasteiger partial charge in [0.15, 0.2) is 17.2 Å². The van der Waals surface area contributed by atoms with Gasteiger partial charge < -0.3 is 15.4 Å². The fourth-order valence-corrected chi connectivity index (χ4v) is 1.51. The number of anilines is 3. The van der Waals surface area contributed by atoms with Gasteiger partial charge in [0.05, 0.1) is 18.1 Å². The van der Waals surface area contributed by atoms with Gasteiger partial charge in [0, 0.05) is 20.2 Å². The van der Waals surface area contributed by atoms with Crippen LogP contribution in [0.15, 0.2) is 18.5 Å². The monoisotopic (exact) mass is 295 g/mol. The highest BCUT2D eigenvalue weighted by Gasteiger charge is 2.05. The lowest BCUT2D eigenvalue weighted by Crippen LogP contribution is -2.03. The van der Waals surface area contributed by atoms with E-state index in [-0.39, 0.29) is 5.69 Å². The Bertz CT molecular complexity index is 741. The fourth-order valence-electron chi connectivity index (χ4n) is 1.51. The molecule has 0 bridgehead atoms. The average molecular weight is 295 g/mol. The summed E-state index contributed by atoms with van der Waals surface area (Å²) in [6.07, 6.45) is 2.82. The molecule has 0 fully saturated rings. The normalized spacial score (nSPS) is 9.32. The minimum Gasteiger partial charge on any atom is -0.386 e. The van der Waals surface area contributed by atoms with E-state index in [4.69, 9.17) is 10.00 Å². The molecule has 110 valence electrons. The van der Waals surface area contributed by atoms with E-state index in [2.05, 4.69) is 42.6 Å². The molecule has 0 radical (unpaired) electrons. The van der Waals surface area contributed by atoms with Crippen LogP contribution in [0.2, 0.25) is 0 Å². The van der Waals surface area contributed by atoms with Crippen LogP contribution in [0.5, 0.6) is 0 Å². The SMILES string of the molecule is CNc1cc(Nc2cnc(C#N)cn2)nnc1C#CCOC. The summed E-state index contributed by atoms with van der Waals surface area (Å²) >= 11 is 0. The van der Waals surface area contributed by atoms with Gasteiger partial charge >= 0.3 is 0 Å². The van der Waals surface area contributed by atoms with Gasteiger partial charge in [0.2, 0.25) is 0 Å². The Morgan fingerprint density at radius 2 is 2.09 bits per heavy atom. The Morgan fingerprint density at radius 3 is 2.73 bits per heavy atom. The number of methoxy groups -OCH3 is 1. The Balaban J connectivity index is 2.18. The Kier molecular flexibility index (Phi) is 5.19. The van der Waals surface area contributed by atoms with Crippen molar-refractivity contribution in [3.63, 3.8) is 0 Å². The maximum Gasteiger partial charge on any atom is 0.159 e. The van der Waals surface area contributed by atoms with Gasteiger partial charge in [-0.25, -0.2) is 9.97 Å². The molecule has 22 heavy (non-hydrogen) atoms. The lowest BCUT2D eigenvalue weighted by molar-refractivity contribution is 0.240. The van der Waals surface area contributed by atoms with Crippen molar-refractivity contribution in [3.05, 3.63) is 29.8 Å². The molecule has 0 saturated carbocycles. The second-order valence-electron chi connectivity index (χ2n) is 4.00. The smallest absolute Gasteiger partial charge is 0.159 e. The minimum atomic E-state index is 0.247. The lowest BCUT2D eigenvalue weighted by Gasteiger charge is -2.07. The number of hydrogen-bond acceptors (Lipinski definition) is 8. The number of nitriles is 1. The molecular weight excluding hydrogens is 282 g/mol. The number of nitrogens with zero attached hydrogens (tertiary/aromatic N) is 5. The van der Waals surface area contributed by atoms with E-state index in [9.17, 15) is 0 Å². The zero-order valence-electron chi connectivity index (χ0n) is 12.1. The van der Waals surface area contributed by atoms with E-state index < -0.39 is 0 Å². The summed E-state index contributed by atoms with van der Waals surface area (Å²) in [4.78, 5) is 7.97. The van der Waals surface area contributed by atoms with Crippen molar-refractivity contribution < 1.29 is 4.74 Å². The third-order valence-electron chi connectivity index (χ3n) is 2.51. The average Bonchev–Trinajstić information content (AvgIpc) is 2.57.